The third-order valence-electron chi connectivity index (χ3n) is 2.87. The van der Waals surface area contributed by atoms with Gasteiger partial charge in [-0.3, -0.25) is 0 Å². The van der Waals surface area contributed by atoms with Crippen LogP contribution >= 0.6 is 11.8 Å². The third kappa shape index (κ3) is 3.91. The Morgan fingerprint density at radius 3 is 2.68 bits per heavy atom. The van der Waals surface area contributed by atoms with Crippen molar-refractivity contribution in [1.29, 1.82) is 0 Å². The van der Waals surface area contributed by atoms with Crippen LogP contribution in [0, 0.1) is 0 Å². The van der Waals surface area contributed by atoms with Gasteiger partial charge in [-0.15, -0.1) is 0 Å². The van der Waals surface area contributed by atoms with Crippen molar-refractivity contribution in [1.82, 2.24) is 4.57 Å². The van der Waals surface area contributed by atoms with E-state index in [1.807, 2.05) is 35.0 Å². The van der Waals surface area contributed by atoms with E-state index >= 15 is 0 Å². The van der Waals surface area contributed by atoms with E-state index in [4.69, 9.17) is 5.73 Å². The molecule has 0 saturated carbocycles. The topological polar surface area (TPSA) is 30.9 Å². The number of halogens is 3. The average Bonchev–Trinajstić information content (AvgIpc) is 2.71. The fraction of sp³-hybridized carbons (Fsp3) is 0.385. The predicted molar refractivity (Wildman–Crippen MR) is 73.2 cm³/mol. The molecule has 0 saturated heterocycles. The first-order valence-corrected chi connectivity index (χ1v) is 6.97. The molecule has 0 atom stereocenters. The molecule has 0 aliphatic heterocycles. The second-order valence-corrected chi connectivity index (χ2v) is 5.40. The normalized spacial score (nSPS) is 12.2. The molecule has 0 spiro atoms. The summed E-state index contributed by atoms with van der Waals surface area (Å²) in [5.41, 5.74) is 3.46. The monoisotopic (exact) mass is 288 g/mol. The third-order valence-corrected chi connectivity index (χ3v) is 3.58. The lowest BCUT2D eigenvalue weighted by atomic mass is 10.1. The molecule has 6 heteroatoms. The largest absolute Gasteiger partial charge is 0.441 e. The van der Waals surface area contributed by atoms with Gasteiger partial charge in [-0.25, -0.2) is 0 Å². The summed E-state index contributed by atoms with van der Waals surface area (Å²) in [6.07, 6.45) is 2.64. The lowest BCUT2D eigenvalue weighted by Gasteiger charge is -2.08. The second kappa shape index (κ2) is 5.88. The number of aryl methyl sites for hydroxylation is 1. The number of aromatic nitrogens is 1. The zero-order valence-electron chi connectivity index (χ0n) is 10.3. The van der Waals surface area contributed by atoms with Crippen LogP contribution < -0.4 is 5.73 Å². The van der Waals surface area contributed by atoms with Gasteiger partial charge in [0.15, 0.2) is 0 Å². The molecule has 0 aliphatic carbocycles. The molecule has 2 aromatic rings. The standard InChI is InChI=1S/C13H15F3N2S/c14-13(15,16)19-8-7-18-6-4-11-9-10(3-5-17)1-2-12(11)18/h1-2,4,6,9H,3,5,7-8,17H2. The smallest absolute Gasteiger partial charge is 0.347 e. The molecule has 0 amide bonds. The van der Waals surface area contributed by atoms with Gasteiger partial charge in [0.25, 0.3) is 0 Å². The van der Waals surface area contributed by atoms with Gasteiger partial charge in [0.2, 0.25) is 0 Å². The van der Waals surface area contributed by atoms with Crippen molar-refractivity contribution in [3.05, 3.63) is 36.0 Å². The molecule has 2 nitrogen and oxygen atoms in total. The van der Waals surface area contributed by atoms with Crippen LogP contribution in [0.2, 0.25) is 0 Å². The van der Waals surface area contributed by atoms with Gasteiger partial charge < -0.3 is 10.3 Å². The number of benzene rings is 1. The Morgan fingerprint density at radius 1 is 1.21 bits per heavy atom. The number of nitrogens with zero attached hydrogens (tertiary/aromatic N) is 1. The van der Waals surface area contributed by atoms with E-state index in [1.165, 1.54) is 0 Å². The average molecular weight is 288 g/mol. The first kappa shape index (κ1) is 14.3. The molecule has 1 heterocycles. The van der Waals surface area contributed by atoms with Crippen LogP contribution in [-0.2, 0) is 13.0 Å². The molecular formula is C13H15F3N2S. The Bertz CT molecular complexity index is 548. The van der Waals surface area contributed by atoms with E-state index < -0.39 is 5.51 Å². The summed E-state index contributed by atoms with van der Waals surface area (Å²) in [5.74, 6) is 0.0256. The second-order valence-electron chi connectivity index (χ2n) is 4.24. The highest BCUT2D eigenvalue weighted by Crippen LogP contribution is 2.30. The first-order chi connectivity index (χ1) is 8.99. The molecule has 1 aromatic carbocycles. The lowest BCUT2D eigenvalue weighted by Crippen LogP contribution is -2.06. The van der Waals surface area contributed by atoms with E-state index in [-0.39, 0.29) is 17.5 Å². The summed E-state index contributed by atoms with van der Waals surface area (Å²) in [7, 11) is 0. The maximum atomic E-state index is 12.1. The van der Waals surface area contributed by atoms with Crippen LogP contribution in [0.3, 0.4) is 0 Å². The van der Waals surface area contributed by atoms with Gasteiger partial charge in [-0.05, 0) is 53.9 Å². The van der Waals surface area contributed by atoms with E-state index in [0.717, 1.165) is 22.9 Å². The number of hydrogen-bond acceptors (Lipinski definition) is 2. The SMILES string of the molecule is NCCc1ccc2c(ccn2CCSC(F)(F)F)c1. The fourth-order valence-electron chi connectivity index (χ4n) is 2.03. The summed E-state index contributed by atoms with van der Waals surface area (Å²) in [4.78, 5) is 0. The van der Waals surface area contributed by atoms with E-state index in [9.17, 15) is 13.2 Å². The minimum absolute atomic E-state index is 0.0143. The highest BCUT2D eigenvalue weighted by atomic mass is 32.2. The Hall–Kier alpha value is -1.14. The predicted octanol–water partition coefficient (Wildman–Crippen LogP) is 3.40. The molecule has 2 N–H and O–H groups in total. The van der Waals surface area contributed by atoms with Gasteiger partial charge in [0.1, 0.15) is 0 Å². The summed E-state index contributed by atoms with van der Waals surface area (Å²) < 4.78 is 38.1. The van der Waals surface area contributed by atoms with Crippen LogP contribution in [0.15, 0.2) is 30.5 Å². The number of nitrogens with two attached hydrogens (primary N) is 1. The summed E-state index contributed by atoms with van der Waals surface area (Å²) in [5, 5.41) is 1.04. The quantitative estimate of drug-likeness (QED) is 0.914. The van der Waals surface area contributed by atoms with Crippen molar-refractivity contribution >= 4 is 22.7 Å². The van der Waals surface area contributed by atoms with E-state index in [2.05, 4.69) is 0 Å². The van der Waals surface area contributed by atoms with Gasteiger partial charge in [-0.2, -0.15) is 13.2 Å². The maximum Gasteiger partial charge on any atom is 0.441 e. The van der Waals surface area contributed by atoms with Crippen molar-refractivity contribution in [2.45, 2.75) is 18.5 Å². The first-order valence-electron chi connectivity index (χ1n) is 5.98. The highest BCUT2D eigenvalue weighted by molar-refractivity contribution is 8.00. The Balaban J connectivity index is 2.08. The molecule has 0 radical (unpaired) electrons. The van der Waals surface area contributed by atoms with E-state index in [0.29, 0.717) is 13.1 Å². The van der Waals surface area contributed by atoms with Gasteiger partial charge >= 0.3 is 5.51 Å². The van der Waals surface area contributed by atoms with Gasteiger partial charge in [0, 0.05) is 24.0 Å². The Morgan fingerprint density at radius 2 is 2.00 bits per heavy atom. The molecule has 0 bridgehead atoms. The lowest BCUT2D eigenvalue weighted by molar-refractivity contribution is -0.0328. The summed E-state index contributed by atoms with van der Waals surface area (Å²) in [6, 6.07) is 7.88. The molecule has 1 aromatic heterocycles. The summed E-state index contributed by atoms with van der Waals surface area (Å²) in [6.45, 7) is 0.943. The minimum Gasteiger partial charge on any atom is -0.347 e. The molecule has 0 fully saturated rings. The molecule has 19 heavy (non-hydrogen) atoms. The number of fused-ring (bicyclic) bond motifs is 1. The van der Waals surface area contributed by atoms with Crippen molar-refractivity contribution < 1.29 is 13.2 Å². The fourth-order valence-corrected chi connectivity index (χ4v) is 2.55. The Labute approximate surface area is 113 Å². The molecule has 0 aliphatic rings. The maximum absolute atomic E-state index is 12.1. The van der Waals surface area contributed by atoms with Crippen LogP contribution in [0.1, 0.15) is 5.56 Å². The van der Waals surface area contributed by atoms with Gasteiger partial charge in [-0.1, -0.05) is 6.07 Å². The number of alkyl halides is 3. The van der Waals surface area contributed by atoms with Gasteiger partial charge in [0.05, 0.1) is 0 Å². The minimum atomic E-state index is -4.16. The van der Waals surface area contributed by atoms with Crippen LogP contribution in [0.25, 0.3) is 10.9 Å². The summed E-state index contributed by atoms with van der Waals surface area (Å²) >= 11 is 0.0143. The van der Waals surface area contributed by atoms with Crippen molar-refractivity contribution in [2.24, 2.45) is 5.73 Å². The Kier molecular flexibility index (Phi) is 4.42. The van der Waals surface area contributed by atoms with Crippen molar-refractivity contribution in [2.75, 3.05) is 12.3 Å². The zero-order chi connectivity index (χ0) is 13.9. The van der Waals surface area contributed by atoms with Crippen molar-refractivity contribution in [3.63, 3.8) is 0 Å². The number of hydrogen-bond donors (Lipinski definition) is 1. The number of rotatable bonds is 5. The van der Waals surface area contributed by atoms with Crippen LogP contribution in [0.4, 0.5) is 13.2 Å². The van der Waals surface area contributed by atoms with E-state index in [1.54, 1.807) is 0 Å². The van der Waals surface area contributed by atoms with Crippen molar-refractivity contribution in [3.8, 4) is 0 Å². The molecule has 0 unspecified atom stereocenters. The van der Waals surface area contributed by atoms with Crippen LogP contribution in [0.5, 0.6) is 0 Å². The molecule has 2 rings (SSSR count). The molecule has 104 valence electrons. The highest BCUT2D eigenvalue weighted by Gasteiger charge is 2.27. The molecular weight excluding hydrogens is 273 g/mol. The van der Waals surface area contributed by atoms with Crippen LogP contribution in [-0.4, -0.2) is 22.4 Å². The zero-order valence-corrected chi connectivity index (χ0v) is 11.1. The number of thioether (sulfide) groups is 1.